The zero-order valence-electron chi connectivity index (χ0n) is 12.2. The summed E-state index contributed by atoms with van der Waals surface area (Å²) in [7, 11) is 1.73. The number of nitrogens with two attached hydrogens (primary N) is 1. The SMILES string of the molecule is CCc1nn(C)c(C(=O)NCC2CCCC(O)C2)c1N. The number of hydrogen-bond acceptors (Lipinski definition) is 4. The number of carbonyl (C=O) groups excluding carboxylic acids is 1. The average molecular weight is 280 g/mol. The first-order valence-electron chi connectivity index (χ1n) is 7.30. The molecule has 1 fully saturated rings. The number of aryl methyl sites for hydroxylation is 2. The highest BCUT2D eigenvalue weighted by Gasteiger charge is 2.23. The Bertz CT molecular complexity index is 484. The van der Waals surface area contributed by atoms with Crippen LogP contribution in [-0.2, 0) is 13.5 Å². The van der Waals surface area contributed by atoms with Gasteiger partial charge in [0, 0.05) is 13.6 Å². The zero-order chi connectivity index (χ0) is 14.7. The van der Waals surface area contributed by atoms with E-state index in [9.17, 15) is 9.90 Å². The highest BCUT2D eigenvalue weighted by atomic mass is 16.3. The van der Waals surface area contributed by atoms with Gasteiger partial charge < -0.3 is 16.2 Å². The molecule has 6 heteroatoms. The van der Waals surface area contributed by atoms with Crippen LogP contribution in [0, 0.1) is 5.92 Å². The molecule has 2 rings (SSSR count). The number of anilines is 1. The largest absolute Gasteiger partial charge is 0.395 e. The van der Waals surface area contributed by atoms with E-state index in [4.69, 9.17) is 5.73 Å². The van der Waals surface area contributed by atoms with Crippen molar-refractivity contribution in [2.75, 3.05) is 12.3 Å². The fourth-order valence-electron chi connectivity index (χ4n) is 2.90. The fourth-order valence-corrected chi connectivity index (χ4v) is 2.90. The Morgan fingerprint density at radius 3 is 2.90 bits per heavy atom. The normalized spacial score (nSPS) is 22.8. The molecule has 1 saturated carbocycles. The second-order valence-electron chi connectivity index (χ2n) is 5.58. The molecule has 1 amide bonds. The number of nitrogens with zero attached hydrogens (tertiary/aromatic N) is 2. The van der Waals surface area contributed by atoms with Crippen molar-refractivity contribution >= 4 is 11.6 Å². The van der Waals surface area contributed by atoms with Gasteiger partial charge in [-0.1, -0.05) is 13.3 Å². The van der Waals surface area contributed by atoms with Gasteiger partial charge in [-0.25, -0.2) is 0 Å². The van der Waals surface area contributed by atoms with E-state index in [0.29, 0.717) is 30.3 Å². The van der Waals surface area contributed by atoms with E-state index in [1.165, 1.54) is 0 Å². The molecule has 2 atom stereocenters. The van der Waals surface area contributed by atoms with Gasteiger partial charge in [-0.3, -0.25) is 9.48 Å². The number of aliphatic hydroxyl groups is 1. The van der Waals surface area contributed by atoms with Crippen LogP contribution in [0.1, 0.15) is 48.8 Å². The van der Waals surface area contributed by atoms with E-state index in [1.807, 2.05) is 6.92 Å². The van der Waals surface area contributed by atoms with E-state index in [2.05, 4.69) is 10.4 Å². The summed E-state index contributed by atoms with van der Waals surface area (Å²) in [6.07, 6.45) is 4.20. The molecule has 6 nitrogen and oxygen atoms in total. The van der Waals surface area contributed by atoms with Gasteiger partial charge in [0.15, 0.2) is 0 Å². The first-order chi connectivity index (χ1) is 9.52. The van der Waals surface area contributed by atoms with Crippen LogP contribution in [0.3, 0.4) is 0 Å². The molecule has 0 spiro atoms. The maximum atomic E-state index is 12.2. The first kappa shape index (κ1) is 14.8. The summed E-state index contributed by atoms with van der Waals surface area (Å²) in [6, 6.07) is 0. The summed E-state index contributed by atoms with van der Waals surface area (Å²) >= 11 is 0. The van der Waals surface area contributed by atoms with Crippen molar-refractivity contribution in [3.05, 3.63) is 11.4 Å². The third-order valence-electron chi connectivity index (χ3n) is 4.02. The lowest BCUT2D eigenvalue weighted by Crippen LogP contribution is -2.34. The second kappa shape index (κ2) is 6.26. The molecule has 0 aromatic carbocycles. The molecule has 1 heterocycles. The van der Waals surface area contributed by atoms with Crippen molar-refractivity contribution in [2.24, 2.45) is 13.0 Å². The smallest absolute Gasteiger partial charge is 0.271 e. The van der Waals surface area contributed by atoms with Crippen LogP contribution in [0.5, 0.6) is 0 Å². The van der Waals surface area contributed by atoms with Crippen molar-refractivity contribution in [1.82, 2.24) is 15.1 Å². The highest BCUT2D eigenvalue weighted by Crippen LogP contribution is 2.24. The summed E-state index contributed by atoms with van der Waals surface area (Å²) in [5.41, 5.74) is 7.62. The van der Waals surface area contributed by atoms with Gasteiger partial charge in [0.2, 0.25) is 0 Å². The molecule has 20 heavy (non-hydrogen) atoms. The predicted octanol–water partition coefficient (Wildman–Crippen LogP) is 0.846. The lowest BCUT2D eigenvalue weighted by Gasteiger charge is -2.25. The van der Waals surface area contributed by atoms with Crippen LogP contribution in [0.4, 0.5) is 5.69 Å². The number of hydrogen-bond donors (Lipinski definition) is 3. The van der Waals surface area contributed by atoms with Crippen molar-refractivity contribution in [2.45, 2.75) is 45.1 Å². The summed E-state index contributed by atoms with van der Waals surface area (Å²) < 4.78 is 1.54. The van der Waals surface area contributed by atoms with Crippen molar-refractivity contribution in [3.8, 4) is 0 Å². The molecule has 0 aliphatic heterocycles. The molecular formula is C14H24N4O2. The van der Waals surface area contributed by atoms with E-state index < -0.39 is 0 Å². The van der Waals surface area contributed by atoms with Crippen molar-refractivity contribution in [3.63, 3.8) is 0 Å². The lowest BCUT2D eigenvalue weighted by molar-refractivity contribution is 0.0867. The van der Waals surface area contributed by atoms with Gasteiger partial charge in [0.1, 0.15) is 5.69 Å². The summed E-state index contributed by atoms with van der Waals surface area (Å²) in [5.74, 6) is 0.167. The van der Waals surface area contributed by atoms with Crippen LogP contribution in [0.2, 0.25) is 0 Å². The van der Waals surface area contributed by atoms with Gasteiger partial charge >= 0.3 is 0 Å². The molecule has 2 unspecified atom stereocenters. The third-order valence-corrected chi connectivity index (χ3v) is 4.02. The number of rotatable bonds is 4. The quantitative estimate of drug-likeness (QED) is 0.762. The molecule has 4 N–H and O–H groups in total. The van der Waals surface area contributed by atoms with Crippen LogP contribution in [0.25, 0.3) is 0 Å². The minimum atomic E-state index is -0.223. The summed E-state index contributed by atoms with van der Waals surface area (Å²) in [6.45, 7) is 2.55. The monoisotopic (exact) mass is 280 g/mol. The number of nitrogen functional groups attached to an aromatic ring is 1. The van der Waals surface area contributed by atoms with Gasteiger partial charge in [-0.15, -0.1) is 0 Å². The van der Waals surface area contributed by atoms with Gasteiger partial charge in [0.05, 0.1) is 17.5 Å². The van der Waals surface area contributed by atoms with Crippen LogP contribution < -0.4 is 11.1 Å². The molecule has 0 saturated heterocycles. The Hall–Kier alpha value is -1.56. The van der Waals surface area contributed by atoms with Crippen molar-refractivity contribution < 1.29 is 9.90 Å². The molecule has 1 aliphatic carbocycles. The Balaban J connectivity index is 1.96. The van der Waals surface area contributed by atoms with E-state index in [1.54, 1.807) is 11.7 Å². The molecule has 1 aliphatic rings. The van der Waals surface area contributed by atoms with Gasteiger partial charge in [-0.05, 0) is 31.6 Å². The number of amides is 1. The number of nitrogens with one attached hydrogen (secondary N) is 1. The highest BCUT2D eigenvalue weighted by molar-refractivity contribution is 5.97. The summed E-state index contributed by atoms with van der Waals surface area (Å²) in [5, 5.41) is 16.8. The van der Waals surface area contributed by atoms with Crippen molar-refractivity contribution in [1.29, 1.82) is 0 Å². The van der Waals surface area contributed by atoms with Crippen LogP contribution in [-0.4, -0.2) is 33.4 Å². The Kier molecular flexibility index (Phi) is 4.65. The van der Waals surface area contributed by atoms with E-state index in [-0.39, 0.29) is 12.0 Å². The molecule has 0 bridgehead atoms. The molecule has 112 valence electrons. The topological polar surface area (TPSA) is 93.2 Å². The maximum Gasteiger partial charge on any atom is 0.271 e. The zero-order valence-corrected chi connectivity index (χ0v) is 12.2. The minimum absolute atomic E-state index is 0.183. The van der Waals surface area contributed by atoms with Gasteiger partial charge in [-0.2, -0.15) is 5.10 Å². The number of aromatic nitrogens is 2. The van der Waals surface area contributed by atoms with E-state index in [0.717, 1.165) is 31.4 Å². The maximum absolute atomic E-state index is 12.2. The Labute approximate surface area is 119 Å². The molecule has 1 aromatic rings. The first-order valence-corrected chi connectivity index (χ1v) is 7.30. The lowest BCUT2D eigenvalue weighted by atomic mass is 9.87. The Morgan fingerprint density at radius 1 is 1.55 bits per heavy atom. The molecule has 0 radical (unpaired) electrons. The second-order valence-corrected chi connectivity index (χ2v) is 5.58. The van der Waals surface area contributed by atoms with Gasteiger partial charge in [0.25, 0.3) is 5.91 Å². The Morgan fingerprint density at radius 2 is 2.30 bits per heavy atom. The van der Waals surface area contributed by atoms with Crippen LogP contribution in [0.15, 0.2) is 0 Å². The van der Waals surface area contributed by atoms with Crippen LogP contribution >= 0.6 is 0 Å². The number of carbonyl (C=O) groups is 1. The fraction of sp³-hybridized carbons (Fsp3) is 0.714. The number of aliphatic hydroxyl groups excluding tert-OH is 1. The standard InChI is InChI=1S/C14H24N4O2/c1-3-11-12(15)13(18(2)17-11)14(20)16-8-9-5-4-6-10(19)7-9/h9-10,19H,3-8,15H2,1-2H3,(H,16,20). The molecular weight excluding hydrogens is 256 g/mol. The average Bonchev–Trinajstić information content (AvgIpc) is 2.71. The predicted molar refractivity (Wildman–Crippen MR) is 77.3 cm³/mol. The minimum Gasteiger partial charge on any atom is -0.395 e. The van der Waals surface area contributed by atoms with E-state index >= 15 is 0 Å². The third kappa shape index (κ3) is 3.12. The molecule has 1 aromatic heterocycles. The summed E-state index contributed by atoms with van der Waals surface area (Å²) in [4.78, 5) is 12.2.